The van der Waals surface area contributed by atoms with Gasteiger partial charge in [0.2, 0.25) is 15.9 Å². The van der Waals surface area contributed by atoms with Crippen molar-refractivity contribution in [3.8, 4) is 0 Å². The molecule has 1 fully saturated rings. The molecule has 0 saturated carbocycles. The fourth-order valence-electron chi connectivity index (χ4n) is 2.22. The molecular weight excluding hydrogens is 360 g/mol. The summed E-state index contributed by atoms with van der Waals surface area (Å²) in [6, 6.07) is 3.85. The molecule has 130 valence electrons. The van der Waals surface area contributed by atoms with E-state index in [4.69, 9.17) is 11.6 Å². The Morgan fingerprint density at radius 3 is 2.62 bits per heavy atom. The Morgan fingerprint density at radius 2 is 2.08 bits per heavy atom. The van der Waals surface area contributed by atoms with Gasteiger partial charge in [-0.15, -0.1) is 0 Å². The van der Waals surface area contributed by atoms with E-state index in [1.54, 1.807) is 0 Å². The molecule has 1 heterocycles. The molecule has 0 aromatic heterocycles. The van der Waals surface area contributed by atoms with Crippen molar-refractivity contribution in [2.75, 3.05) is 23.7 Å². The van der Waals surface area contributed by atoms with E-state index in [-0.39, 0.29) is 28.6 Å². The fourth-order valence-corrected chi connectivity index (χ4v) is 4.24. The monoisotopic (exact) mass is 374 g/mol. The molecule has 1 atom stereocenters. The molecule has 1 aliphatic heterocycles. The van der Waals surface area contributed by atoms with E-state index in [9.17, 15) is 22.8 Å². The van der Waals surface area contributed by atoms with Crippen LogP contribution in [0.15, 0.2) is 18.2 Å². The maximum Gasteiger partial charge on any atom is 0.325 e. The SMILES string of the molecule is COC(=O)CNC(=O)c1cc(N2C(=O)C(C)CS2(=O)=O)ccc1Cl. The average molecular weight is 375 g/mol. The normalized spacial score (nSPS) is 19.2. The van der Waals surface area contributed by atoms with Crippen molar-refractivity contribution >= 4 is 45.1 Å². The Labute approximate surface area is 143 Å². The lowest BCUT2D eigenvalue weighted by atomic mass is 10.1. The van der Waals surface area contributed by atoms with Crippen LogP contribution in [0.1, 0.15) is 17.3 Å². The number of nitrogens with zero attached hydrogens (tertiary/aromatic N) is 1. The standard InChI is InChI=1S/C14H15ClN2O6S/c1-8-7-24(21,22)17(14(8)20)9-3-4-11(15)10(5-9)13(19)16-6-12(18)23-2/h3-5,8H,6-7H2,1-2H3,(H,16,19). The second kappa shape index (κ2) is 6.78. The molecule has 1 aromatic rings. The van der Waals surface area contributed by atoms with E-state index < -0.39 is 33.7 Å². The third kappa shape index (κ3) is 3.51. The molecule has 1 unspecified atom stereocenters. The zero-order valence-electron chi connectivity index (χ0n) is 12.9. The maximum absolute atomic E-state index is 12.1. The zero-order chi connectivity index (χ0) is 18.1. The summed E-state index contributed by atoms with van der Waals surface area (Å²) in [7, 11) is -2.61. The highest BCUT2D eigenvalue weighted by atomic mass is 35.5. The highest BCUT2D eigenvalue weighted by molar-refractivity contribution is 7.94. The van der Waals surface area contributed by atoms with Crippen LogP contribution in [0.4, 0.5) is 5.69 Å². The first kappa shape index (κ1) is 18.2. The van der Waals surface area contributed by atoms with Gasteiger partial charge in [0.25, 0.3) is 5.91 Å². The average Bonchev–Trinajstić information content (AvgIpc) is 2.73. The van der Waals surface area contributed by atoms with Gasteiger partial charge in [-0.1, -0.05) is 18.5 Å². The fraction of sp³-hybridized carbons (Fsp3) is 0.357. The van der Waals surface area contributed by atoms with Gasteiger partial charge >= 0.3 is 5.97 Å². The van der Waals surface area contributed by atoms with Crippen molar-refractivity contribution in [1.82, 2.24) is 5.32 Å². The molecule has 1 aromatic carbocycles. The van der Waals surface area contributed by atoms with Crippen LogP contribution in [-0.2, 0) is 24.3 Å². The molecule has 1 aliphatic rings. The number of carbonyl (C=O) groups is 3. The minimum absolute atomic E-state index is 0.0250. The van der Waals surface area contributed by atoms with Gasteiger partial charge in [0.15, 0.2) is 0 Å². The summed E-state index contributed by atoms with van der Waals surface area (Å²) in [5.74, 6) is -2.87. The van der Waals surface area contributed by atoms with Gasteiger partial charge in [-0.2, -0.15) is 0 Å². The minimum atomic E-state index is -3.79. The van der Waals surface area contributed by atoms with Crippen LogP contribution in [0.2, 0.25) is 5.02 Å². The van der Waals surface area contributed by atoms with Crippen LogP contribution in [0.3, 0.4) is 0 Å². The number of rotatable bonds is 4. The van der Waals surface area contributed by atoms with Crippen LogP contribution >= 0.6 is 11.6 Å². The van der Waals surface area contributed by atoms with Crippen LogP contribution in [-0.4, -0.2) is 45.6 Å². The van der Waals surface area contributed by atoms with Gasteiger partial charge in [-0.05, 0) is 18.2 Å². The van der Waals surface area contributed by atoms with E-state index in [1.807, 2.05) is 0 Å². The van der Waals surface area contributed by atoms with E-state index in [2.05, 4.69) is 10.1 Å². The Balaban J connectivity index is 2.34. The number of sulfonamides is 1. The number of esters is 1. The summed E-state index contributed by atoms with van der Waals surface area (Å²) in [5, 5.41) is 2.35. The number of amides is 2. The smallest absolute Gasteiger partial charge is 0.325 e. The van der Waals surface area contributed by atoms with Gasteiger partial charge in [0.1, 0.15) is 6.54 Å². The summed E-state index contributed by atoms with van der Waals surface area (Å²) < 4.78 is 29.3. The highest BCUT2D eigenvalue weighted by Gasteiger charge is 2.42. The molecule has 1 N–H and O–H groups in total. The lowest BCUT2D eigenvalue weighted by molar-refractivity contribution is -0.139. The molecule has 0 aliphatic carbocycles. The van der Waals surface area contributed by atoms with Crippen molar-refractivity contribution in [1.29, 1.82) is 0 Å². The van der Waals surface area contributed by atoms with E-state index in [0.717, 1.165) is 0 Å². The number of carbonyl (C=O) groups excluding carboxylic acids is 3. The molecule has 0 bridgehead atoms. The molecule has 10 heteroatoms. The number of benzene rings is 1. The van der Waals surface area contributed by atoms with Gasteiger partial charge in [-0.3, -0.25) is 14.4 Å². The van der Waals surface area contributed by atoms with E-state index in [0.29, 0.717) is 4.31 Å². The second-order valence-electron chi connectivity index (χ2n) is 5.21. The number of halogens is 1. The van der Waals surface area contributed by atoms with Gasteiger partial charge in [0, 0.05) is 0 Å². The first-order valence-electron chi connectivity index (χ1n) is 6.88. The van der Waals surface area contributed by atoms with E-state index >= 15 is 0 Å². The molecule has 24 heavy (non-hydrogen) atoms. The lowest BCUT2D eigenvalue weighted by Gasteiger charge is -2.16. The summed E-state index contributed by atoms with van der Waals surface area (Å²) in [4.78, 5) is 35.3. The molecule has 2 amide bonds. The van der Waals surface area contributed by atoms with Crippen molar-refractivity contribution < 1.29 is 27.5 Å². The Hall–Kier alpha value is -2.13. The zero-order valence-corrected chi connectivity index (χ0v) is 14.5. The summed E-state index contributed by atoms with van der Waals surface area (Å²) in [6.45, 7) is 1.15. The number of ether oxygens (including phenoxy) is 1. The molecule has 1 saturated heterocycles. The predicted molar refractivity (Wildman–Crippen MR) is 86.2 cm³/mol. The Kier molecular flexibility index (Phi) is 5.14. The number of hydrogen-bond donors (Lipinski definition) is 1. The van der Waals surface area contributed by atoms with Crippen molar-refractivity contribution in [2.24, 2.45) is 5.92 Å². The quantitative estimate of drug-likeness (QED) is 0.771. The van der Waals surface area contributed by atoms with Gasteiger partial charge < -0.3 is 10.1 Å². The molecule has 0 spiro atoms. The Morgan fingerprint density at radius 1 is 1.42 bits per heavy atom. The second-order valence-corrected chi connectivity index (χ2v) is 7.47. The predicted octanol–water partition coefficient (Wildman–Crippen LogP) is 0.555. The number of hydrogen-bond acceptors (Lipinski definition) is 6. The first-order chi connectivity index (χ1) is 11.2. The molecule has 2 rings (SSSR count). The third-order valence-electron chi connectivity index (χ3n) is 3.41. The van der Waals surface area contributed by atoms with Crippen molar-refractivity contribution in [3.63, 3.8) is 0 Å². The van der Waals surface area contributed by atoms with E-state index in [1.165, 1.54) is 32.2 Å². The number of nitrogens with one attached hydrogen (secondary N) is 1. The van der Waals surface area contributed by atoms with Crippen LogP contribution in [0.25, 0.3) is 0 Å². The van der Waals surface area contributed by atoms with Crippen LogP contribution < -0.4 is 9.62 Å². The highest BCUT2D eigenvalue weighted by Crippen LogP contribution is 2.31. The molecular formula is C14H15ClN2O6S. The largest absolute Gasteiger partial charge is 0.468 e. The number of anilines is 1. The third-order valence-corrected chi connectivity index (χ3v) is 5.61. The van der Waals surface area contributed by atoms with Crippen molar-refractivity contribution in [3.05, 3.63) is 28.8 Å². The summed E-state index contributed by atoms with van der Waals surface area (Å²) in [6.07, 6.45) is 0. The first-order valence-corrected chi connectivity index (χ1v) is 8.87. The van der Waals surface area contributed by atoms with Crippen LogP contribution in [0, 0.1) is 5.92 Å². The maximum atomic E-state index is 12.1. The number of methoxy groups -OCH3 is 1. The summed E-state index contributed by atoms with van der Waals surface area (Å²) in [5.41, 5.74) is -0.0300. The topological polar surface area (TPSA) is 110 Å². The van der Waals surface area contributed by atoms with Gasteiger partial charge in [-0.25, -0.2) is 12.7 Å². The van der Waals surface area contributed by atoms with Gasteiger partial charge in [0.05, 0.1) is 35.1 Å². The van der Waals surface area contributed by atoms with Crippen LogP contribution in [0.5, 0.6) is 0 Å². The van der Waals surface area contributed by atoms with Crippen molar-refractivity contribution in [2.45, 2.75) is 6.92 Å². The minimum Gasteiger partial charge on any atom is -0.468 e. The Bertz CT molecular complexity index is 807. The lowest BCUT2D eigenvalue weighted by Crippen LogP contribution is -2.32. The molecule has 0 radical (unpaired) electrons. The summed E-state index contributed by atoms with van der Waals surface area (Å²) >= 11 is 5.95. The molecule has 8 nitrogen and oxygen atoms in total.